The van der Waals surface area contributed by atoms with Crippen molar-refractivity contribution in [2.75, 3.05) is 18.0 Å². The van der Waals surface area contributed by atoms with E-state index in [0.717, 1.165) is 18.9 Å². The van der Waals surface area contributed by atoms with Crippen molar-refractivity contribution in [3.8, 4) is 0 Å². The van der Waals surface area contributed by atoms with Crippen molar-refractivity contribution >= 4 is 11.6 Å². The van der Waals surface area contributed by atoms with Gasteiger partial charge in [-0.05, 0) is 26.2 Å². The van der Waals surface area contributed by atoms with E-state index in [-0.39, 0.29) is 5.78 Å². The van der Waals surface area contributed by atoms with Crippen molar-refractivity contribution in [3.63, 3.8) is 0 Å². The highest BCUT2D eigenvalue weighted by Crippen LogP contribution is 2.20. The first-order chi connectivity index (χ1) is 7.29. The van der Waals surface area contributed by atoms with Crippen LogP contribution in [0.15, 0.2) is 6.20 Å². The molecule has 1 aromatic rings. The quantitative estimate of drug-likeness (QED) is 0.684. The van der Waals surface area contributed by atoms with Crippen LogP contribution in [0.25, 0.3) is 0 Å². The third kappa shape index (κ3) is 2.14. The van der Waals surface area contributed by atoms with Crippen molar-refractivity contribution in [2.45, 2.75) is 26.2 Å². The molecule has 79 valence electrons. The molecule has 0 unspecified atom stereocenters. The second-order valence-electron chi connectivity index (χ2n) is 3.81. The molecular weight excluding hydrogens is 190 g/mol. The van der Waals surface area contributed by atoms with Crippen molar-refractivity contribution in [2.24, 2.45) is 0 Å². The Morgan fingerprint density at radius 1 is 1.40 bits per heavy atom. The number of Topliss-reactive ketones (excluding diaryl/α,β-unsaturated/α-hetero) is 1. The second kappa shape index (κ2) is 4.38. The molecule has 1 saturated heterocycles. The summed E-state index contributed by atoms with van der Waals surface area (Å²) in [6.45, 7) is 3.50. The Labute approximate surface area is 89.3 Å². The van der Waals surface area contributed by atoms with E-state index in [4.69, 9.17) is 0 Å². The van der Waals surface area contributed by atoms with E-state index in [2.05, 4.69) is 21.2 Å². The molecule has 0 bridgehead atoms. The average molecular weight is 204 g/mol. The monoisotopic (exact) mass is 204 g/mol. The summed E-state index contributed by atoms with van der Waals surface area (Å²) in [5, 5.41) is 0. The summed E-state index contributed by atoms with van der Waals surface area (Å²) in [4.78, 5) is 21.4. The zero-order valence-electron chi connectivity index (χ0n) is 8.86. The molecule has 4 heteroatoms. The number of carbonyl (C=O) groups excluding carboxylic acids is 1. The van der Waals surface area contributed by atoms with Gasteiger partial charge < -0.3 is 4.90 Å². The Hall–Kier alpha value is -1.45. The third-order valence-corrected chi connectivity index (χ3v) is 2.68. The van der Waals surface area contributed by atoms with Gasteiger partial charge in [0.05, 0.1) is 5.56 Å². The summed E-state index contributed by atoms with van der Waals surface area (Å²) in [6.07, 6.45) is 7.72. The van der Waals surface area contributed by atoms with Gasteiger partial charge in [-0.1, -0.05) is 0 Å². The van der Waals surface area contributed by atoms with Crippen LogP contribution in [0.3, 0.4) is 0 Å². The number of hydrogen-bond acceptors (Lipinski definition) is 4. The Morgan fingerprint density at radius 3 is 2.80 bits per heavy atom. The van der Waals surface area contributed by atoms with Crippen LogP contribution in [0.4, 0.5) is 5.82 Å². The number of ketones is 1. The molecule has 15 heavy (non-hydrogen) atoms. The molecule has 0 amide bonds. The van der Waals surface area contributed by atoms with E-state index in [1.54, 1.807) is 13.1 Å². The lowest BCUT2D eigenvalue weighted by molar-refractivity contribution is 0.101. The predicted molar refractivity (Wildman–Crippen MR) is 56.9 cm³/mol. The van der Waals surface area contributed by atoms with Crippen LogP contribution in [-0.2, 0) is 0 Å². The van der Waals surface area contributed by atoms with Crippen molar-refractivity contribution in [1.29, 1.82) is 0 Å². The van der Waals surface area contributed by atoms with Gasteiger partial charge in [-0.3, -0.25) is 4.79 Å². The van der Waals surface area contributed by atoms with Crippen LogP contribution in [0.2, 0.25) is 0 Å². The maximum atomic E-state index is 11.4. The molecule has 0 spiro atoms. The van der Waals surface area contributed by atoms with Crippen molar-refractivity contribution in [3.05, 3.63) is 18.1 Å². The van der Waals surface area contributed by atoms with E-state index in [9.17, 15) is 4.79 Å². The normalized spacial score (nSPS) is 16.5. The Bertz CT molecular complexity index is 359. The molecule has 0 saturated carbocycles. The summed E-state index contributed by atoms with van der Waals surface area (Å²) in [5.41, 5.74) is 0.607. The first kappa shape index (κ1) is 10.1. The largest absolute Gasteiger partial charge is 0.356 e. The van der Waals surface area contributed by atoms with Crippen LogP contribution in [0.5, 0.6) is 0 Å². The highest BCUT2D eigenvalue weighted by Gasteiger charge is 2.17. The molecular formula is C11H14N3O. The molecule has 0 aromatic carbocycles. The molecule has 1 fully saturated rings. The first-order valence-corrected chi connectivity index (χ1v) is 5.28. The molecule has 2 heterocycles. The van der Waals surface area contributed by atoms with Crippen LogP contribution in [-0.4, -0.2) is 28.8 Å². The van der Waals surface area contributed by atoms with E-state index < -0.39 is 0 Å². The Morgan fingerprint density at radius 2 is 2.13 bits per heavy atom. The maximum absolute atomic E-state index is 11.4. The number of carbonyl (C=O) groups is 1. The fourth-order valence-electron chi connectivity index (χ4n) is 1.88. The topological polar surface area (TPSA) is 46.1 Å². The summed E-state index contributed by atoms with van der Waals surface area (Å²) < 4.78 is 0. The lowest BCUT2D eigenvalue weighted by Crippen LogP contribution is -2.31. The number of aromatic nitrogens is 2. The van der Waals surface area contributed by atoms with Gasteiger partial charge in [0.2, 0.25) is 0 Å². The molecule has 1 aromatic heterocycles. The van der Waals surface area contributed by atoms with Gasteiger partial charge in [0.25, 0.3) is 0 Å². The number of hydrogen-bond donors (Lipinski definition) is 0. The van der Waals surface area contributed by atoms with Crippen LogP contribution >= 0.6 is 0 Å². The Balaban J connectivity index is 2.29. The van der Waals surface area contributed by atoms with Gasteiger partial charge in [0, 0.05) is 19.3 Å². The summed E-state index contributed by atoms with van der Waals surface area (Å²) >= 11 is 0. The van der Waals surface area contributed by atoms with Crippen LogP contribution in [0, 0.1) is 6.33 Å². The zero-order valence-corrected chi connectivity index (χ0v) is 8.86. The lowest BCUT2D eigenvalue weighted by atomic mass is 10.1. The van der Waals surface area contributed by atoms with Gasteiger partial charge in [-0.2, -0.15) is 0 Å². The lowest BCUT2D eigenvalue weighted by Gasteiger charge is -2.28. The van der Waals surface area contributed by atoms with Crippen LogP contribution < -0.4 is 4.90 Å². The van der Waals surface area contributed by atoms with Crippen molar-refractivity contribution < 1.29 is 4.79 Å². The highest BCUT2D eigenvalue weighted by atomic mass is 16.1. The summed E-state index contributed by atoms with van der Waals surface area (Å²) in [7, 11) is 0. The zero-order chi connectivity index (χ0) is 10.7. The van der Waals surface area contributed by atoms with Crippen LogP contribution in [0.1, 0.15) is 36.5 Å². The van der Waals surface area contributed by atoms with E-state index >= 15 is 0 Å². The van der Waals surface area contributed by atoms with Gasteiger partial charge in [-0.25, -0.2) is 9.97 Å². The molecule has 2 rings (SSSR count). The van der Waals surface area contributed by atoms with E-state index in [1.165, 1.54) is 19.3 Å². The Kier molecular flexibility index (Phi) is 2.94. The minimum Gasteiger partial charge on any atom is -0.356 e. The molecule has 0 atom stereocenters. The van der Waals surface area contributed by atoms with E-state index in [1.807, 2.05) is 0 Å². The summed E-state index contributed by atoms with van der Waals surface area (Å²) in [6, 6.07) is 0. The minimum absolute atomic E-state index is 0.0181. The smallest absolute Gasteiger partial charge is 0.199 e. The molecule has 0 N–H and O–H groups in total. The van der Waals surface area contributed by atoms with Crippen molar-refractivity contribution in [1.82, 2.24) is 9.97 Å². The van der Waals surface area contributed by atoms with E-state index in [0.29, 0.717) is 5.56 Å². The third-order valence-electron chi connectivity index (χ3n) is 2.68. The standard InChI is InChI=1S/C11H14N3O/c1-9(15)10-7-12-8-13-11(10)14-5-3-2-4-6-14/h7H,2-6H2,1H3. The van der Waals surface area contributed by atoms with Gasteiger partial charge >= 0.3 is 0 Å². The van der Waals surface area contributed by atoms with Gasteiger partial charge in [-0.15, -0.1) is 0 Å². The number of nitrogens with zero attached hydrogens (tertiary/aromatic N) is 3. The van der Waals surface area contributed by atoms with Gasteiger partial charge in [0.1, 0.15) is 5.82 Å². The number of anilines is 1. The number of rotatable bonds is 2. The first-order valence-electron chi connectivity index (χ1n) is 5.28. The number of piperidine rings is 1. The molecule has 1 aliphatic rings. The molecule has 4 nitrogen and oxygen atoms in total. The highest BCUT2D eigenvalue weighted by molar-refractivity contribution is 5.98. The summed E-state index contributed by atoms with van der Waals surface area (Å²) in [5.74, 6) is 0.766. The minimum atomic E-state index is 0.0181. The molecule has 1 radical (unpaired) electrons. The molecule has 1 aliphatic heterocycles. The fraction of sp³-hybridized carbons (Fsp3) is 0.545. The predicted octanol–water partition coefficient (Wildman–Crippen LogP) is 1.47. The second-order valence-corrected chi connectivity index (χ2v) is 3.81. The maximum Gasteiger partial charge on any atom is 0.199 e. The SMILES string of the molecule is CC(=O)c1cn[c]nc1N1CCCCC1. The fourth-order valence-corrected chi connectivity index (χ4v) is 1.88. The molecule has 0 aliphatic carbocycles. The average Bonchev–Trinajstić information content (AvgIpc) is 2.30. The van der Waals surface area contributed by atoms with Gasteiger partial charge in [0.15, 0.2) is 12.1 Å².